The van der Waals surface area contributed by atoms with Crippen LogP contribution in [0, 0.1) is 0 Å². The van der Waals surface area contributed by atoms with Crippen molar-refractivity contribution in [2.24, 2.45) is 12.8 Å². The quantitative estimate of drug-likeness (QED) is 0.796. The minimum absolute atomic E-state index is 0.0109. The lowest BCUT2D eigenvalue weighted by molar-refractivity contribution is 0.651. The first kappa shape index (κ1) is 13.3. The molecule has 20 heavy (non-hydrogen) atoms. The van der Waals surface area contributed by atoms with Gasteiger partial charge in [-0.05, 0) is 31.2 Å². The summed E-state index contributed by atoms with van der Waals surface area (Å²) < 4.78 is 4.54. The molecule has 0 saturated carbocycles. The first-order valence-corrected chi connectivity index (χ1v) is 7.26. The summed E-state index contributed by atoms with van der Waals surface area (Å²) >= 11 is 3.48. The number of rotatable bonds is 3. The standard InChI is InChI=1S/C14H15BrN4O/c1-18-8-17-12-10-7-9(15)3-4-11(10)19(6-2-5-16)14(20)13(12)18/h3-4,7-8H,2,5-6,16H2,1H3. The van der Waals surface area contributed by atoms with Crippen LogP contribution in [-0.4, -0.2) is 20.7 Å². The van der Waals surface area contributed by atoms with Gasteiger partial charge in [-0.1, -0.05) is 15.9 Å². The molecule has 0 aliphatic heterocycles. The van der Waals surface area contributed by atoms with Gasteiger partial charge in [0.1, 0.15) is 11.0 Å². The van der Waals surface area contributed by atoms with Gasteiger partial charge < -0.3 is 14.9 Å². The van der Waals surface area contributed by atoms with Gasteiger partial charge in [-0.2, -0.15) is 0 Å². The number of nitrogens with zero attached hydrogens (tertiary/aromatic N) is 3. The fraction of sp³-hybridized carbons (Fsp3) is 0.286. The van der Waals surface area contributed by atoms with Gasteiger partial charge in [0.05, 0.1) is 11.8 Å². The highest BCUT2D eigenvalue weighted by Gasteiger charge is 2.14. The second kappa shape index (κ2) is 5.03. The van der Waals surface area contributed by atoms with Crippen LogP contribution in [0.1, 0.15) is 6.42 Å². The molecular weight excluding hydrogens is 320 g/mol. The third-order valence-corrected chi connectivity index (χ3v) is 3.97. The van der Waals surface area contributed by atoms with Crippen LogP contribution in [0.2, 0.25) is 0 Å². The number of hydrogen-bond acceptors (Lipinski definition) is 3. The monoisotopic (exact) mass is 334 g/mol. The average molecular weight is 335 g/mol. The summed E-state index contributed by atoms with van der Waals surface area (Å²) in [6, 6.07) is 5.89. The molecule has 3 aromatic rings. The predicted octanol–water partition coefficient (Wildman–Crippen LogP) is 2.00. The van der Waals surface area contributed by atoms with Gasteiger partial charge in [-0.3, -0.25) is 4.79 Å². The summed E-state index contributed by atoms with van der Waals surface area (Å²) in [5.41, 5.74) is 7.85. The minimum Gasteiger partial charge on any atom is -0.330 e. The number of aromatic nitrogens is 3. The van der Waals surface area contributed by atoms with Crippen molar-refractivity contribution in [2.75, 3.05) is 6.54 Å². The van der Waals surface area contributed by atoms with Crippen molar-refractivity contribution in [3.8, 4) is 0 Å². The van der Waals surface area contributed by atoms with E-state index in [0.717, 1.165) is 27.3 Å². The van der Waals surface area contributed by atoms with Gasteiger partial charge in [0, 0.05) is 23.5 Å². The Bertz CT molecular complexity index is 850. The maximum atomic E-state index is 12.7. The second-order valence-corrected chi connectivity index (χ2v) is 5.73. The Labute approximate surface area is 124 Å². The Morgan fingerprint density at radius 3 is 2.95 bits per heavy atom. The molecule has 0 bridgehead atoms. The Balaban J connectivity index is 2.47. The number of nitrogens with two attached hydrogens (primary N) is 1. The summed E-state index contributed by atoms with van der Waals surface area (Å²) in [6.07, 6.45) is 2.45. The van der Waals surface area contributed by atoms with E-state index in [2.05, 4.69) is 20.9 Å². The summed E-state index contributed by atoms with van der Waals surface area (Å²) in [6.45, 7) is 1.18. The average Bonchev–Trinajstić information content (AvgIpc) is 2.82. The van der Waals surface area contributed by atoms with Crippen molar-refractivity contribution < 1.29 is 0 Å². The van der Waals surface area contributed by atoms with E-state index in [1.54, 1.807) is 15.5 Å². The Morgan fingerprint density at radius 2 is 2.20 bits per heavy atom. The van der Waals surface area contributed by atoms with Gasteiger partial charge >= 0.3 is 0 Å². The molecule has 104 valence electrons. The summed E-state index contributed by atoms with van der Waals surface area (Å²) in [7, 11) is 1.84. The number of halogens is 1. The lowest BCUT2D eigenvalue weighted by Gasteiger charge is -2.11. The molecule has 0 unspecified atom stereocenters. The zero-order valence-electron chi connectivity index (χ0n) is 11.1. The molecule has 0 saturated heterocycles. The lowest BCUT2D eigenvalue weighted by atomic mass is 10.1. The minimum atomic E-state index is -0.0109. The van der Waals surface area contributed by atoms with E-state index in [-0.39, 0.29) is 5.56 Å². The molecule has 2 aromatic heterocycles. The van der Waals surface area contributed by atoms with E-state index in [9.17, 15) is 4.79 Å². The third-order valence-electron chi connectivity index (χ3n) is 3.48. The first-order valence-electron chi connectivity index (χ1n) is 6.46. The molecule has 5 nitrogen and oxygen atoms in total. The van der Waals surface area contributed by atoms with E-state index in [1.807, 2.05) is 25.2 Å². The van der Waals surface area contributed by atoms with Gasteiger partial charge in [0.2, 0.25) is 0 Å². The van der Waals surface area contributed by atoms with Crippen LogP contribution in [-0.2, 0) is 13.6 Å². The SMILES string of the molecule is Cn1cnc2c3cc(Br)ccc3n(CCCN)c(=O)c21. The van der Waals surface area contributed by atoms with E-state index >= 15 is 0 Å². The molecule has 0 spiro atoms. The molecule has 2 N–H and O–H groups in total. The number of aryl methyl sites for hydroxylation is 2. The van der Waals surface area contributed by atoms with E-state index < -0.39 is 0 Å². The fourth-order valence-electron chi connectivity index (χ4n) is 2.52. The number of imidazole rings is 1. The molecular formula is C14H15BrN4O. The van der Waals surface area contributed by atoms with Crippen LogP contribution in [0.4, 0.5) is 0 Å². The number of fused-ring (bicyclic) bond motifs is 3. The number of pyridine rings is 1. The molecule has 0 aliphatic carbocycles. The zero-order valence-corrected chi connectivity index (χ0v) is 12.7. The Morgan fingerprint density at radius 1 is 1.40 bits per heavy atom. The highest BCUT2D eigenvalue weighted by molar-refractivity contribution is 9.10. The van der Waals surface area contributed by atoms with Crippen molar-refractivity contribution in [1.29, 1.82) is 0 Å². The Kier molecular flexibility index (Phi) is 3.35. The fourth-order valence-corrected chi connectivity index (χ4v) is 2.88. The predicted molar refractivity (Wildman–Crippen MR) is 83.9 cm³/mol. The van der Waals surface area contributed by atoms with E-state index in [4.69, 9.17) is 5.73 Å². The van der Waals surface area contributed by atoms with Crippen LogP contribution >= 0.6 is 15.9 Å². The summed E-state index contributed by atoms with van der Waals surface area (Å²) in [5.74, 6) is 0. The van der Waals surface area contributed by atoms with Crippen molar-refractivity contribution in [3.63, 3.8) is 0 Å². The molecule has 1 aromatic carbocycles. The van der Waals surface area contributed by atoms with Gasteiger partial charge in [-0.25, -0.2) is 4.98 Å². The molecule has 0 amide bonds. The van der Waals surface area contributed by atoms with Crippen molar-refractivity contribution in [1.82, 2.24) is 14.1 Å². The summed E-state index contributed by atoms with van der Waals surface area (Å²) in [5, 5.41) is 0.978. The van der Waals surface area contributed by atoms with Gasteiger partial charge in [0.25, 0.3) is 5.56 Å². The molecule has 0 atom stereocenters. The maximum absolute atomic E-state index is 12.7. The number of benzene rings is 1. The van der Waals surface area contributed by atoms with Crippen LogP contribution in [0.15, 0.2) is 33.8 Å². The molecule has 0 radical (unpaired) electrons. The molecule has 6 heteroatoms. The molecule has 0 aliphatic rings. The molecule has 2 heterocycles. The van der Waals surface area contributed by atoms with Crippen LogP contribution in [0.3, 0.4) is 0 Å². The van der Waals surface area contributed by atoms with Gasteiger partial charge in [-0.15, -0.1) is 0 Å². The maximum Gasteiger partial charge on any atom is 0.277 e. The first-order chi connectivity index (χ1) is 9.63. The zero-order chi connectivity index (χ0) is 14.3. The van der Waals surface area contributed by atoms with Crippen LogP contribution in [0.5, 0.6) is 0 Å². The largest absolute Gasteiger partial charge is 0.330 e. The molecule has 0 fully saturated rings. The lowest BCUT2D eigenvalue weighted by Crippen LogP contribution is -2.23. The smallest absolute Gasteiger partial charge is 0.277 e. The van der Waals surface area contributed by atoms with Crippen molar-refractivity contribution >= 4 is 37.9 Å². The normalized spacial score (nSPS) is 11.6. The second-order valence-electron chi connectivity index (χ2n) is 4.81. The van der Waals surface area contributed by atoms with E-state index in [1.165, 1.54) is 0 Å². The Hall–Kier alpha value is -1.66. The highest BCUT2D eigenvalue weighted by Crippen LogP contribution is 2.25. The van der Waals surface area contributed by atoms with Gasteiger partial charge in [0.15, 0.2) is 0 Å². The molecule has 3 rings (SSSR count). The van der Waals surface area contributed by atoms with E-state index in [0.29, 0.717) is 18.6 Å². The third kappa shape index (κ3) is 1.96. The highest BCUT2D eigenvalue weighted by atomic mass is 79.9. The van der Waals surface area contributed by atoms with Crippen molar-refractivity contribution in [2.45, 2.75) is 13.0 Å². The van der Waals surface area contributed by atoms with Crippen molar-refractivity contribution in [3.05, 3.63) is 39.4 Å². The topological polar surface area (TPSA) is 65.8 Å². The summed E-state index contributed by atoms with van der Waals surface area (Å²) in [4.78, 5) is 17.0. The van der Waals surface area contributed by atoms with Crippen LogP contribution < -0.4 is 11.3 Å². The van der Waals surface area contributed by atoms with Crippen LogP contribution in [0.25, 0.3) is 21.9 Å². The number of hydrogen-bond donors (Lipinski definition) is 1.